The number of hydrogen-bond donors (Lipinski definition) is 2. The molecule has 0 unspecified atom stereocenters. The maximum absolute atomic E-state index is 13.7. The third-order valence-electron chi connectivity index (χ3n) is 5.24. The van der Waals surface area contributed by atoms with Gasteiger partial charge in [-0.15, -0.1) is 0 Å². The van der Waals surface area contributed by atoms with E-state index in [0.717, 1.165) is 6.07 Å². The summed E-state index contributed by atoms with van der Waals surface area (Å²) in [4.78, 5) is 29.6. The fraction of sp³-hybridized carbons (Fsp3) is 0.125. The van der Waals surface area contributed by atoms with Crippen LogP contribution in [0.1, 0.15) is 22.8 Å². The molecule has 0 aliphatic carbocycles. The summed E-state index contributed by atoms with van der Waals surface area (Å²) < 4.78 is 43.0. The first kappa shape index (κ1) is 23.3. The van der Waals surface area contributed by atoms with E-state index in [1.807, 2.05) is 6.92 Å². The molecule has 8 nitrogen and oxygen atoms in total. The van der Waals surface area contributed by atoms with Crippen molar-refractivity contribution >= 4 is 32.5 Å². The molecular weight excluding hydrogens is 459 g/mol. The van der Waals surface area contributed by atoms with Crippen LogP contribution in [0.4, 0.5) is 10.1 Å². The lowest BCUT2D eigenvalue weighted by Crippen LogP contribution is -2.24. The van der Waals surface area contributed by atoms with E-state index in [-0.39, 0.29) is 22.4 Å². The number of halogens is 1. The number of aromatic nitrogens is 2. The second kappa shape index (κ2) is 9.54. The summed E-state index contributed by atoms with van der Waals surface area (Å²) in [6.07, 6.45) is 4.59. The number of anilines is 1. The summed E-state index contributed by atoms with van der Waals surface area (Å²) in [5, 5.41) is 2.70. The summed E-state index contributed by atoms with van der Waals surface area (Å²) in [6, 6.07) is 12.9. The van der Waals surface area contributed by atoms with Crippen LogP contribution in [0.3, 0.4) is 0 Å². The molecule has 0 radical (unpaired) electrons. The van der Waals surface area contributed by atoms with Crippen molar-refractivity contribution in [2.75, 3.05) is 5.32 Å². The molecule has 0 aliphatic rings. The summed E-state index contributed by atoms with van der Waals surface area (Å²) in [6.45, 7) is 2.40. The van der Waals surface area contributed by atoms with Crippen molar-refractivity contribution in [3.05, 3.63) is 100 Å². The fourth-order valence-electron chi connectivity index (χ4n) is 3.47. The molecule has 34 heavy (non-hydrogen) atoms. The van der Waals surface area contributed by atoms with Gasteiger partial charge >= 0.3 is 0 Å². The van der Waals surface area contributed by atoms with Gasteiger partial charge in [-0.1, -0.05) is 6.07 Å². The highest BCUT2D eigenvalue weighted by molar-refractivity contribution is 7.89. The molecule has 2 N–H and O–H groups in total. The number of fused-ring (bicyclic) bond motifs is 1. The first-order valence-electron chi connectivity index (χ1n) is 10.4. The molecule has 0 saturated heterocycles. The number of nitrogens with zero attached hydrogens (tertiary/aromatic N) is 2. The molecular formula is C24H21FN4O4S. The van der Waals surface area contributed by atoms with Crippen LogP contribution in [-0.4, -0.2) is 23.9 Å². The standard InChI is InChI=1S/C24H21FN4O4S/c1-2-29-15-21(23(30)20-12-17(25)5-10-22(20)29)24(31)28-18-6-8-19(9-7-18)34(32,33)27-14-16-4-3-11-26-13-16/h3-13,15,27H,2,14H2,1H3,(H,28,31). The molecule has 0 bridgehead atoms. The van der Waals surface area contributed by atoms with Crippen molar-refractivity contribution in [2.45, 2.75) is 24.9 Å². The Balaban J connectivity index is 1.53. The molecule has 2 heterocycles. The highest BCUT2D eigenvalue weighted by Gasteiger charge is 2.17. The average Bonchev–Trinajstić information content (AvgIpc) is 2.84. The van der Waals surface area contributed by atoms with Gasteiger partial charge in [-0.2, -0.15) is 0 Å². The number of hydrogen-bond acceptors (Lipinski definition) is 5. The maximum atomic E-state index is 13.7. The van der Waals surface area contributed by atoms with E-state index in [1.54, 1.807) is 29.1 Å². The largest absolute Gasteiger partial charge is 0.347 e. The zero-order valence-corrected chi connectivity index (χ0v) is 19.0. The number of sulfonamides is 1. The number of pyridine rings is 2. The number of aryl methyl sites for hydroxylation is 1. The van der Waals surface area contributed by atoms with Gasteiger partial charge < -0.3 is 9.88 Å². The van der Waals surface area contributed by atoms with Gasteiger partial charge in [0.1, 0.15) is 11.4 Å². The topological polar surface area (TPSA) is 110 Å². The normalized spacial score (nSPS) is 11.5. The molecule has 4 aromatic rings. The predicted molar refractivity (Wildman–Crippen MR) is 126 cm³/mol. The second-order valence-electron chi connectivity index (χ2n) is 7.48. The molecule has 2 aromatic carbocycles. The van der Waals surface area contributed by atoms with E-state index in [2.05, 4.69) is 15.0 Å². The molecule has 0 fully saturated rings. The van der Waals surface area contributed by atoms with E-state index in [4.69, 9.17) is 0 Å². The van der Waals surface area contributed by atoms with Crippen molar-refractivity contribution in [3.63, 3.8) is 0 Å². The van der Waals surface area contributed by atoms with Crippen LogP contribution in [0, 0.1) is 5.82 Å². The van der Waals surface area contributed by atoms with Gasteiger partial charge in [-0.05, 0) is 61.0 Å². The third-order valence-corrected chi connectivity index (χ3v) is 6.66. The van der Waals surface area contributed by atoms with Gasteiger partial charge in [0.05, 0.1) is 10.4 Å². The predicted octanol–water partition coefficient (Wildman–Crippen LogP) is 3.29. The Hall–Kier alpha value is -3.89. The minimum absolute atomic E-state index is 0.0175. The van der Waals surface area contributed by atoms with Crippen LogP contribution in [0.5, 0.6) is 0 Å². The Morgan fingerprint density at radius 2 is 1.88 bits per heavy atom. The van der Waals surface area contributed by atoms with Crippen molar-refractivity contribution < 1.29 is 17.6 Å². The van der Waals surface area contributed by atoms with Crippen LogP contribution < -0.4 is 15.5 Å². The quantitative estimate of drug-likeness (QED) is 0.422. The average molecular weight is 481 g/mol. The first-order chi connectivity index (χ1) is 16.3. The smallest absolute Gasteiger partial charge is 0.261 e. The fourth-order valence-corrected chi connectivity index (χ4v) is 4.49. The lowest BCUT2D eigenvalue weighted by molar-refractivity contribution is 0.102. The maximum Gasteiger partial charge on any atom is 0.261 e. The van der Waals surface area contributed by atoms with Crippen LogP contribution in [0.2, 0.25) is 0 Å². The number of nitrogens with one attached hydrogen (secondary N) is 2. The van der Waals surface area contributed by atoms with E-state index in [9.17, 15) is 22.4 Å². The summed E-state index contributed by atoms with van der Waals surface area (Å²) in [5.74, 6) is -1.25. The van der Waals surface area contributed by atoms with Gasteiger partial charge in [-0.3, -0.25) is 14.6 Å². The summed E-state index contributed by atoms with van der Waals surface area (Å²) in [5.41, 5.74) is 0.810. The SMILES string of the molecule is CCn1cc(C(=O)Nc2ccc(S(=O)(=O)NCc3cccnc3)cc2)c(=O)c2cc(F)ccc21. The van der Waals surface area contributed by atoms with Gasteiger partial charge in [0.15, 0.2) is 0 Å². The van der Waals surface area contributed by atoms with Crippen molar-refractivity contribution in [1.82, 2.24) is 14.3 Å². The molecule has 0 aliphatic heterocycles. The number of amides is 1. The second-order valence-corrected chi connectivity index (χ2v) is 9.25. The van der Waals surface area contributed by atoms with Gasteiger partial charge in [0, 0.05) is 42.8 Å². The highest BCUT2D eigenvalue weighted by atomic mass is 32.2. The van der Waals surface area contributed by atoms with E-state index in [0.29, 0.717) is 23.3 Å². The molecule has 10 heteroatoms. The van der Waals surface area contributed by atoms with Crippen molar-refractivity contribution in [3.8, 4) is 0 Å². The van der Waals surface area contributed by atoms with E-state index < -0.39 is 27.2 Å². The lowest BCUT2D eigenvalue weighted by Gasteiger charge is -2.12. The highest BCUT2D eigenvalue weighted by Crippen LogP contribution is 2.17. The molecule has 0 spiro atoms. The zero-order valence-electron chi connectivity index (χ0n) is 18.2. The van der Waals surface area contributed by atoms with Gasteiger partial charge in [0.2, 0.25) is 15.5 Å². The minimum atomic E-state index is -3.78. The molecule has 2 aromatic heterocycles. The number of benzene rings is 2. The van der Waals surface area contributed by atoms with Crippen LogP contribution in [0.15, 0.2) is 82.9 Å². The molecule has 1 amide bonds. The Labute approximate surface area is 195 Å². The zero-order chi connectivity index (χ0) is 24.3. The number of carbonyl (C=O) groups is 1. The molecule has 4 rings (SSSR count). The number of carbonyl (C=O) groups excluding carboxylic acids is 1. The van der Waals surface area contributed by atoms with Gasteiger partial charge in [-0.25, -0.2) is 17.5 Å². The van der Waals surface area contributed by atoms with Gasteiger partial charge in [0.25, 0.3) is 5.91 Å². The third kappa shape index (κ3) is 4.87. The molecule has 0 atom stereocenters. The monoisotopic (exact) mass is 480 g/mol. The Morgan fingerprint density at radius 3 is 2.56 bits per heavy atom. The summed E-state index contributed by atoms with van der Waals surface area (Å²) >= 11 is 0. The van der Waals surface area contributed by atoms with Crippen LogP contribution >= 0.6 is 0 Å². The van der Waals surface area contributed by atoms with Crippen LogP contribution in [0.25, 0.3) is 10.9 Å². The van der Waals surface area contributed by atoms with E-state index in [1.165, 1.54) is 42.6 Å². The Morgan fingerprint density at radius 1 is 1.12 bits per heavy atom. The van der Waals surface area contributed by atoms with E-state index >= 15 is 0 Å². The molecule has 0 saturated carbocycles. The summed E-state index contributed by atoms with van der Waals surface area (Å²) in [7, 11) is -3.78. The molecule has 174 valence electrons. The Kier molecular flexibility index (Phi) is 6.53. The lowest BCUT2D eigenvalue weighted by atomic mass is 10.1. The minimum Gasteiger partial charge on any atom is -0.347 e. The Bertz CT molecular complexity index is 1520. The first-order valence-corrected chi connectivity index (χ1v) is 11.9. The van der Waals surface area contributed by atoms with Crippen molar-refractivity contribution in [1.29, 1.82) is 0 Å². The van der Waals surface area contributed by atoms with Crippen LogP contribution in [-0.2, 0) is 23.1 Å². The number of rotatable bonds is 7. The van der Waals surface area contributed by atoms with Crippen molar-refractivity contribution in [2.24, 2.45) is 0 Å².